The number of hydrogen-bond donors (Lipinski definition) is 2. The molecule has 1 saturated heterocycles. The first-order valence-corrected chi connectivity index (χ1v) is 9.09. The van der Waals surface area contributed by atoms with E-state index in [1.807, 2.05) is 24.3 Å². The lowest BCUT2D eigenvalue weighted by Crippen LogP contribution is -2.56. The molecule has 1 fully saturated rings. The summed E-state index contributed by atoms with van der Waals surface area (Å²) in [5.41, 5.74) is 0.0427. The van der Waals surface area contributed by atoms with Gasteiger partial charge in [0.1, 0.15) is 18.1 Å². The molecule has 1 aromatic rings. The Hall–Kier alpha value is -1.26. The molecule has 0 unspecified atom stereocenters. The van der Waals surface area contributed by atoms with Crippen LogP contribution in [0.4, 0.5) is 0 Å². The molecule has 0 bridgehead atoms. The Morgan fingerprint density at radius 3 is 2.37 bits per heavy atom. The highest BCUT2D eigenvalue weighted by Gasteiger charge is 2.28. The largest absolute Gasteiger partial charge is 0.497 e. The molecular formula is C19H33IN4O3. The molecule has 8 heteroatoms. The van der Waals surface area contributed by atoms with Crippen molar-refractivity contribution in [2.24, 2.45) is 4.99 Å². The van der Waals surface area contributed by atoms with E-state index >= 15 is 0 Å². The second-order valence-corrected chi connectivity index (χ2v) is 6.79. The zero-order chi connectivity index (χ0) is 18.8. The Morgan fingerprint density at radius 1 is 1.15 bits per heavy atom. The maximum atomic E-state index is 5.72. The maximum absolute atomic E-state index is 5.72. The third-order valence-electron chi connectivity index (χ3n) is 4.50. The van der Waals surface area contributed by atoms with Crippen LogP contribution >= 0.6 is 24.0 Å². The molecule has 0 radical (unpaired) electrons. The summed E-state index contributed by atoms with van der Waals surface area (Å²) in [6.45, 7) is 10.1. The van der Waals surface area contributed by atoms with Crippen molar-refractivity contribution in [3.8, 4) is 11.5 Å². The van der Waals surface area contributed by atoms with Crippen LogP contribution in [0.25, 0.3) is 0 Å². The van der Waals surface area contributed by atoms with Gasteiger partial charge in [0.2, 0.25) is 0 Å². The molecule has 2 N–H and O–H groups in total. The topological polar surface area (TPSA) is 67.4 Å². The fourth-order valence-electron chi connectivity index (χ4n) is 2.81. The van der Waals surface area contributed by atoms with Crippen LogP contribution in [0.2, 0.25) is 0 Å². The Balaban J connectivity index is 0.00000364. The number of morpholine rings is 1. The van der Waals surface area contributed by atoms with Gasteiger partial charge in [-0.25, -0.2) is 0 Å². The average molecular weight is 492 g/mol. The molecule has 27 heavy (non-hydrogen) atoms. The summed E-state index contributed by atoms with van der Waals surface area (Å²) in [6.07, 6.45) is 0. The minimum absolute atomic E-state index is 0. The number of guanidine groups is 1. The second-order valence-electron chi connectivity index (χ2n) is 6.79. The van der Waals surface area contributed by atoms with Crippen LogP contribution in [0.3, 0.4) is 0 Å². The lowest BCUT2D eigenvalue weighted by atomic mass is 10.0. The van der Waals surface area contributed by atoms with Crippen molar-refractivity contribution in [1.29, 1.82) is 0 Å². The van der Waals surface area contributed by atoms with Crippen molar-refractivity contribution < 1.29 is 14.2 Å². The monoisotopic (exact) mass is 492 g/mol. The molecule has 0 aliphatic carbocycles. The third-order valence-corrected chi connectivity index (χ3v) is 4.50. The van der Waals surface area contributed by atoms with Crippen molar-refractivity contribution >= 4 is 29.9 Å². The minimum atomic E-state index is 0. The summed E-state index contributed by atoms with van der Waals surface area (Å²) in [5.74, 6) is 2.43. The van der Waals surface area contributed by atoms with E-state index in [0.717, 1.165) is 50.3 Å². The first kappa shape index (κ1) is 23.8. The fourth-order valence-corrected chi connectivity index (χ4v) is 2.81. The van der Waals surface area contributed by atoms with Gasteiger partial charge in [-0.2, -0.15) is 0 Å². The number of nitrogens with one attached hydrogen (secondary N) is 2. The number of ether oxygens (including phenoxy) is 3. The molecule has 0 atom stereocenters. The highest BCUT2D eigenvalue weighted by Crippen LogP contribution is 2.17. The van der Waals surface area contributed by atoms with Gasteiger partial charge in [0.05, 0.1) is 26.9 Å². The molecular weight excluding hydrogens is 459 g/mol. The summed E-state index contributed by atoms with van der Waals surface area (Å²) >= 11 is 0. The predicted molar refractivity (Wildman–Crippen MR) is 120 cm³/mol. The number of rotatable bonds is 8. The van der Waals surface area contributed by atoms with Crippen LogP contribution in [0.15, 0.2) is 29.3 Å². The van der Waals surface area contributed by atoms with Gasteiger partial charge in [0.15, 0.2) is 5.96 Å². The van der Waals surface area contributed by atoms with Crippen LogP contribution in [-0.2, 0) is 4.74 Å². The Labute approximate surface area is 179 Å². The van der Waals surface area contributed by atoms with Crippen LogP contribution in [-0.4, -0.2) is 76.6 Å². The molecule has 1 aromatic carbocycles. The van der Waals surface area contributed by atoms with E-state index in [-0.39, 0.29) is 29.5 Å². The first-order valence-electron chi connectivity index (χ1n) is 9.09. The predicted octanol–water partition coefficient (Wildman–Crippen LogP) is 1.97. The van der Waals surface area contributed by atoms with E-state index in [1.165, 1.54) is 0 Å². The van der Waals surface area contributed by atoms with Crippen molar-refractivity contribution in [3.05, 3.63) is 24.3 Å². The summed E-state index contributed by atoms with van der Waals surface area (Å²) in [6, 6.07) is 7.57. The molecule has 0 saturated carbocycles. The number of halogens is 1. The zero-order valence-electron chi connectivity index (χ0n) is 16.8. The Bertz CT molecular complexity index is 561. The van der Waals surface area contributed by atoms with Gasteiger partial charge in [-0.1, -0.05) is 0 Å². The van der Waals surface area contributed by atoms with Crippen molar-refractivity contribution in [3.63, 3.8) is 0 Å². The van der Waals surface area contributed by atoms with Gasteiger partial charge in [-0.3, -0.25) is 9.89 Å². The first-order chi connectivity index (χ1) is 12.5. The van der Waals surface area contributed by atoms with Crippen molar-refractivity contribution in [2.45, 2.75) is 19.4 Å². The van der Waals surface area contributed by atoms with Crippen LogP contribution in [0.1, 0.15) is 13.8 Å². The average Bonchev–Trinajstić information content (AvgIpc) is 2.68. The van der Waals surface area contributed by atoms with Gasteiger partial charge in [-0.15, -0.1) is 24.0 Å². The lowest BCUT2D eigenvalue weighted by Gasteiger charge is -2.41. The SMILES string of the molecule is CN=C(NCCOc1ccc(OC)cc1)NCC(C)(C)N1CCOCC1.I. The van der Waals surface area contributed by atoms with E-state index in [9.17, 15) is 0 Å². The number of hydrogen-bond acceptors (Lipinski definition) is 5. The summed E-state index contributed by atoms with van der Waals surface area (Å²) in [5, 5.41) is 6.69. The summed E-state index contributed by atoms with van der Waals surface area (Å²) < 4.78 is 16.3. The highest BCUT2D eigenvalue weighted by atomic mass is 127. The molecule has 154 valence electrons. The van der Waals surface area contributed by atoms with Gasteiger partial charge >= 0.3 is 0 Å². The molecule has 0 aromatic heterocycles. The Kier molecular flexibility index (Phi) is 10.8. The highest BCUT2D eigenvalue weighted by molar-refractivity contribution is 14.0. The lowest BCUT2D eigenvalue weighted by molar-refractivity contribution is -0.00834. The third kappa shape index (κ3) is 8.10. The van der Waals surface area contributed by atoms with E-state index < -0.39 is 0 Å². The normalized spacial score (nSPS) is 15.6. The minimum Gasteiger partial charge on any atom is -0.497 e. The Morgan fingerprint density at radius 2 is 1.78 bits per heavy atom. The van der Waals surface area contributed by atoms with Gasteiger partial charge in [0, 0.05) is 32.2 Å². The molecule has 2 rings (SSSR count). The summed E-state index contributed by atoms with van der Waals surface area (Å²) in [4.78, 5) is 6.73. The summed E-state index contributed by atoms with van der Waals surface area (Å²) in [7, 11) is 3.43. The van der Waals surface area contributed by atoms with Crippen molar-refractivity contribution in [2.75, 3.05) is 60.2 Å². The molecule has 0 amide bonds. The van der Waals surface area contributed by atoms with Crippen molar-refractivity contribution in [1.82, 2.24) is 15.5 Å². The van der Waals surface area contributed by atoms with Gasteiger partial charge in [-0.05, 0) is 38.1 Å². The van der Waals surface area contributed by atoms with E-state index in [0.29, 0.717) is 13.2 Å². The maximum Gasteiger partial charge on any atom is 0.191 e. The second kappa shape index (κ2) is 12.2. The fraction of sp³-hybridized carbons (Fsp3) is 0.632. The molecule has 1 aliphatic rings. The number of nitrogens with zero attached hydrogens (tertiary/aromatic N) is 2. The van der Waals surface area contributed by atoms with Crippen LogP contribution in [0.5, 0.6) is 11.5 Å². The molecule has 0 spiro atoms. The van der Waals surface area contributed by atoms with Gasteiger partial charge in [0.25, 0.3) is 0 Å². The van der Waals surface area contributed by atoms with Crippen LogP contribution < -0.4 is 20.1 Å². The van der Waals surface area contributed by atoms with Gasteiger partial charge < -0.3 is 24.8 Å². The molecule has 1 aliphatic heterocycles. The smallest absolute Gasteiger partial charge is 0.191 e. The van der Waals surface area contributed by atoms with E-state index in [4.69, 9.17) is 14.2 Å². The number of aliphatic imine (C=N–C) groups is 1. The quantitative estimate of drug-likeness (QED) is 0.251. The number of methoxy groups -OCH3 is 1. The number of benzene rings is 1. The molecule has 1 heterocycles. The zero-order valence-corrected chi connectivity index (χ0v) is 19.1. The standard InChI is InChI=1S/C19H32N4O3.HI/c1-19(2,23-10-13-25-14-11-23)15-22-18(20-3)21-9-12-26-17-7-5-16(24-4)6-8-17;/h5-8H,9-15H2,1-4H3,(H2,20,21,22);1H. The molecule has 7 nitrogen and oxygen atoms in total. The van der Waals surface area contributed by atoms with E-state index in [1.54, 1.807) is 14.2 Å². The van der Waals surface area contributed by atoms with E-state index in [2.05, 4.69) is 34.4 Å². The van der Waals surface area contributed by atoms with Crippen LogP contribution in [0, 0.1) is 0 Å².